The van der Waals surface area contributed by atoms with Crippen molar-refractivity contribution in [3.8, 4) is 0 Å². The summed E-state index contributed by atoms with van der Waals surface area (Å²) in [5, 5.41) is 0. The number of hydrogen-bond donors (Lipinski definition) is 0. The molecule has 4 aliphatic rings. The molecule has 1 saturated carbocycles. The molecule has 4 rings (SSSR count). The zero-order valence-electron chi connectivity index (χ0n) is 16.9. The molecule has 3 heteroatoms. The maximum absolute atomic E-state index is 12.3. The highest BCUT2D eigenvalue weighted by Crippen LogP contribution is 2.57. The highest BCUT2D eigenvalue weighted by molar-refractivity contribution is 5.93. The summed E-state index contributed by atoms with van der Waals surface area (Å²) >= 11 is 0. The minimum absolute atomic E-state index is 0.00911. The van der Waals surface area contributed by atoms with E-state index in [1.165, 1.54) is 16.7 Å². The quantitative estimate of drug-likeness (QED) is 0.631. The van der Waals surface area contributed by atoms with Crippen molar-refractivity contribution in [1.82, 2.24) is 0 Å². The SMILES string of the molecule is CC(C)CCC(=O)O[C@@H]1CC[C@@H]2[C@H]3CCC4=CC(=O)CCC4=C3C=C[C@]21C. The van der Waals surface area contributed by atoms with Crippen LogP contribution in [0.1, 0.15) is 72.1 Å². The fourth-order valence-electron chi connectivity index (χ4n) is 5.78. The van der Waals surface area contributed by atoms with Crippen LogP contribution in [0.15, 0.2) is 34.9 Å². The van der Waals surface area contributed by atoms with Crippen LogP contribution in [0.4, 0.5) is 0 Å². The Morgan fingerprint density at radius 2 is 2.04 bits per heavy atom. The van der Waals surface area contributed by atoms with Crippen LogP contribution < -0.4 is 0 Å². The Morgan fingerprint density at radius 1 is 1.22 bits per heavy atom. The lowest BCUT2D eigenvalue weighted by molar-refractivity contribution is -0.154. The molecule has 146 valence electrons. The molecule has 4 atom stereocenters. The first kappa shape index (κ1) is 18.7. The van der Waals surface area contributed by atoms with Gasteiger partial charge in [0.05, 0.1) is 0 Å². The van der Waals surface area contributed by atoms with Crippen molar-refractivity contribution in [1.29, 1.82) is 0 Å². The van der Waals surface area contributed by atoms with Crippen molar-refractivity contribution in [3.05, 3.63) is 34.9 Å². The van der Waals surface area contributed by atoms with Gasteiger partial charge in [0.15, 0.2) is 5.78 Å². The lowest BCUT2D eigenvalue weighted by atomic mass is 9.60. The molecule has 0 aliphatic heterocycles. The molecule has 0 bridgehead atoms. The summed E-state index contributed by atoms with van der Waals surface area (Å²) < 4.78 is 5.97. The normalized spacial score (nSPS) is 34.9. The van der Waals surface area contributed by atoms with Gasteiger partial charge in [-0.05, 0) is 79.1 Å². The molecule has 0 N–H and O–H groups in total. The molecule has 4 aliphatic carbocycles. The maximum Gasteiger partial charge on any atom is 0.306 e. The van der Waals surface area contributed by atoms with Crippen LogP contribution in [-0.2, 0) is 14.3 Å². The summed E-state index contributed by atoms with van der Waals surface area (Å²) in [5.41, 5.74) is 4.13. The summed E-state index contributed by atoms with van der Waals surface area (Å²) in [6, 6.07) is 0. The molecular formula is C24H32O3. The molecule has 0 saturated heterocycles. The Balaban J connectivity index is 1.56. The summed E-state index contributed by atoms with van der Waals surface area (Å²) in [4.78, 5) is 24.1. The molecule has 0 aromatic rings. The van der Waals surface area contributed by atoms with E-state index in [0.717, 1.165) is 38.5 Å². The number of carbonyl (C=O) groups is 2. The zero-order chi connectivity index (χ0) is 19.2. The Morgan fingerprint density at radius 3 is 2.81 bits per heavy atom. The van der Waals surface area contributed by atoms with E-state index in [0.29, 0.717) is 30.6 Å². The van der Waals surface area contributed by atoms with Crippen molar-refractivity contribution < 1.29 is 14.3 Å². The molecule has 0 unspecified atom stereocenters. The second kappa shape index (κ2) is 7.07. The molecule has 0 radical (unpaired) electrons. The van der Waals surface area contributed by atoms with Crippen LogP contribution in [0.5, 0.6) is 0 Å². The Labute approximate surface area is 162 Å². The van der Waals surface area contributed by atoms with Crippen molar-refractivity contribution in [2.45, 2.75) is 78.2 Å². The molecule has 3 nitrogen and oxygen atoms in total. The predicted molar refractivity (Wildman–Crippen MR) is 106 cm³/mol. The largest absolute Gasteiger partial charge is 0.461 e. The van der Waals surface area contributed by atoms with Gasteiger partial charge in [-0.15, -0.1) is 0 Å². The fourth-order valence-corrected chi connectivity index (χ4v) is 5.78. The molecule has 0 heterocycles. The van der Waals surface area contributed by atoms with Crippen LogP contribution in [-0.4, -0.2) is 17.9 Å². The van der Waals surface area contributed by atoms with E-state index < -0.39 is 0 Å². The molecule has 0 spiro atoms. The zero-order valence-corrected chi connectivity index (χ0v) is 16.9. The first-order chi connectivity index (χ1) is 12.9. The molecular weight excluding hydrogens is 336 g/mol. The van der Waals surface area contributed by atoms with Crippen LogP contribution in [0.2, 0.25) is 0 Å². The van der Waals surface area contributed by atoms with Gasteiger partial charge in [-0.3, -0.25) is 9.59 Å². The third-order valence-corrected chi connectivity index (χ3v) is 7.36. The standard InChI is InChI=1S/C24H32O3/c1-15(2)4-11-23(26)27-22-10-9-21-20-7-5-16-14-17(25)6-8-18(16)19(20)12-13-24(21,22)3/h12-15,20-22H,4-11H2,1-3H3/t20-,21+,22+,24+/m0/s1. The van der Waals surface area contributed by atoms with Crippen molar-refractivity contribution in [3.63, 3.8) is 0 Å². The van der Waals surface area contributed by atoms with E-state index >= 15 is 0 Å². The summed E-state index contributed by atoms with van der Waals surface area (Å²) in [5.74, 6) is 1.88. The summed E-state index contributed by atoms with van der Waals surface area (Å²) in [6.45, 7) is 6.58. The second-order valence-corrected chi connectivity index (χ2v) is 9.51. The first-order valence-corrected chi connectivity index (χ1v) is 10.7. The Hall–Kier alpha value is -1.64. The van der Waals surface area contributed by atoms with Crippen LogP contribution >= 0.6 is 0 Å². The number of hydrogen-bond acceptors (Lipinski definition) is 3. The van der Waals surface area contributed by atoms with Crippen LogP contribution in [0.25, 0.3) is 0 Å². The number of carbonyl (C=O) groups excluding carboxylic acids is 2. The van der Waals surface area contributed by atoms with E-state index in [1.54, 1.807) is 0 Å². The van der Waals surface area contributed by atoms with Gasteiger partial charge in [0, 0.05) is 18.3 Å². The number of rotatable bonds is 4. The average Bonchev–Trinajstić information content (AvgIpc) is 2.96. The topological polar surface area (TPSA) is 43.4 Å². The number of ketones is 1. The van der Waals surface area contributed by atoms with Gasteiger partial charge in [0.2, 0.25) is 0 Å². The van der Waals surface area contributed by atoms with Crippen molar-refractivity contribution in [2.75, 3.05) is 0 Å². The summed E-state index contributed by atoms with van der Waals surface area (Å²) in [6.07, 6.45) is 13.7. The minimum Gasteiger partial charge on any atom is -0.461 e. The number of ether oxygens (including phenoxy) is 1. The van der Waals surface area contributed by atoms with E-state index in [2.05, 4.69) is 32.9 Å². The van der Waals surface area contributed by atoms with E-state index in [9.17, 15) is 9.59 Å². The van der Waals surface area contributed by atoms with Gasteiger partial charge in [-0.1, -0.05) is 32.9 Å². The van der Waals surface area contributed by atoms with Gasteiger partial charge >= 0.3 is 5.97 Å². The van der Waals surface area contributed by atoms with E-state index in [1.807, 2.05) is 6.08 Å². The Bertz CT molecular complexity index is 739. The average molecular weight is 369 g/mol. The van der Waals surface area contributed by atoms with Crippen LogP contribution in [0.3, 0.4) is 0 Å². The maximum atomic E-state index is 12.3. The number of esters is 1. The summed E-state index contributed by atoms with van der Waals surface area (Å²) in [7, 11) is 0. The third kappa shape index (κ3) is 3.34. The predicted octanol–water partition coefficient (Wildman–Crippen LogP) is 5.32. The van der Waals surface area contributed by atoms with Gasteiger partial charge in [-0.2, -0.15) is 0 Å². The van der Waals surface area contributed by atoms with E-state index in [-0.39, 0.29) is 23.3 Å². The number of fused-ring (bicyclic) bond motifs is 4. The van der Waals surface area contributed by atoms with E-state index in [4.69, 9.17) is 4.74 Å². The lowest BCUT2D eigenvalue weighted by Crippen LogP contribution is -2.40. The monoisotopic (exact) mass is 368 g/mol. The highest BCUT2D eigenvalue weighted by atomic mass is 16.5. The first-order valence-electron chi connectivity index (χ1n) is 10.7. The van der Waals surface area contributed by atoms with Crippen molar-refractivity contribution >= 4 is 11.8 Å². The molecule has 1 fully saturated rings. The van der Waals surface area contributed by atoms with Gasteiger partial charge < -0.3 is 4.74 Å². The van der Waals surface area contributed by atoms with Crippen LogP contribution in [0, 0.1) is 23.2 Å². The molecule has 0 amide bonds. The van der Waals surface area contributed by atoms with Gasteiger partial charge in [0.1, 0.15) is 6.10 Å². The smallest absolute Gasteiger partial charge is 0.306 e. The number of allylic oxidation sites excluding steroid dienone is 5. The minimum atomic E-state index is -0.0477. The van der Waals surface area contributed by atoms with Gasteiger partial charge in [0.25, 0.3) is 0 Å². The molecule has 27 heavy (non-hydrogen) atoms. The molecule has 0 aromatic carbocycles. The molecule has 0 aromatic heterocycles. The third-order valence-electron chi connectivity index (χ3n) is 7.36. The van der Waals surface area contributed by atoms with Gasteiger partial charge in [-0.25, -0.2) is 0 Å². The lowest BCUT2D eigenvalue weighted by Gasteiger charge is -2.45. The second-order valence-electron chi connectivity index (χ2n) is 9.51. The Kier molecular flexibility index (Phi) is 4.90. The highest BCUT2D eigenvalue weighted by Gasteiger charge is 2.53. The van der Waals surface area contributed by atoms with Crippen molar-refractivity contribution in [2.24, 2.45) is 23.2 Å². The fraction of sp³-hybridized carbons (Fsp3) is 0.667.